The molecule has 0 aliphatic carbocycles. The van der Waals surface area contributed by atoms with Crippen molar-refractivity contribution in [2.45, 2.75) is 25.1 Å². The predicted molar refractivity (Wildman–Crippen MR) is 117 cm³/mol. The summed E-state index contributed by atoms with van der Waals surface area (Å²) in [5, 5.41) is 18.3. The number of hydrogen-bond acceptors (Lipinski definition) is 9. The minimum atomic E-state index is -0.454. The molecule has 166 valence electrons. The molecule has 6 rings (SSSR count). The zero-order chi connectivity index (χ0) is 21.5. The summed E-state index contributed by atoms with van der Waals surface area (Å²) in [5.41, 5.74) is 2.21. The molecule has 2 saturated heterocycles. The van der Waals surface area contributed by atoms with Gasteiger partial charge in [0.15, 0.2) is 11.4 Å². The Kier molecular flexibility index (Phi) is 4.90. The number of imidazole rings is 1. The lowest BCUT2D eigenvalue weighted by Crippen LogP contribution is -2.36. The quantitative estimate of drug-likeness (QED) is 0.484. The van der Waals surface area contributed by atoms with Crippen molar-refractivity contribution in [1.29, 1.82) is 0 Å². The van der Waals surface area contributed by atoms with E-state index in [-0.39, 0.29) is 6.04 Å². The molecule has 2 aliphatic heterocycles. The lowest BCUT2D eigenvalue weighted by atomic mass is 10.2. The van der Waals surface area contributed by atoms with E-state index >= 15 is 0 Å². The average Bonchev–Trinajstić information content (AvgIpc) is 3.55. The van der Waals surface area contributed by atoms with Gasteiger partial charge in [-0.3, -0.25) is 5.32 Å². The van der Waals surface area contributed by atoms with Crippen LogP contribution in [0.4, 0.5) is 5.82 Å². The molecule has 0 saturated carbocycles. The van der Waals surface area contributed by atoms with Gasteiger partial charge in [-0.25, -0.2) is 14.5 Å². The first-order chi connectivity index (χ1) is 15.7. The van der Waals surface area contributed by atoms with E-state index in [1.165, 1.54) is 0 Å². The van der Waals surface area contributed by atoms with Crippen LogP contribution in [-0.2, 0) is 4.74 Å². The Hall–Kier alpha value is -3.21. The molecule has 10 heteroatoms. The van der Waals surface area contributed by atoms with Gasteiger partial charge in [0.25, 0.3) is 0 Å². The van der Waals surface area contributed by atoms with Crippen LogP contribution in [0, 0.1) is 0 Å². The zero-order valence-electron chi connectivity index (χ0n) is 17.5. The van der Waals surface area contributed by atoms with E-state index in [9.17, 15) is 5.11 Å². The Labute approximate surface area is 183 Å². The van der Waals surface area contributed by atoms with Gasteiger partial charge in [-0.2, -0.15) is 0 Å². The average molecular weight is 436 g/mol. The highest BCUT2D eigenvalue weighted by Crippen LogP contribution is 2.33. The van der Waals surface area contributed by atoms with Gasteiger partial charge >= 0.3 is 0 Å². The van der Waals surface area contributed by atoms with Crippen LogP contribution in [0.2, 0.25) is 0 Å². The minimum absolute atomic E-state index is 0.117. The van der Waals surface area contributed by atoms with Crippen LogP contribution in [0.3, 0.4) is 0 Å². The van der Waals surface area contributed by atoms with Crippen molar-refractivity contribution in [3.05, 3.63) is 36.7 Å². The molecule has 32 heavy (non-hydrogen) atoms. The van der Waals surface area contributed by atoms with Crippen LogP contribution < -0.4 is 15.0 Å². The van der Waals surface area contributed by atoms with Crippen LogP contribution >= 0.6 is 0 Å². The Morgan fingerprint density at radius 2 is 2.06 bits per heavy atom. The summed E-state index contributed by atoms with van der Waals surface area (Å²) in [7, 11) is 0. The number of aliphatic hydroxyl groups excluding tert-OH is 1. The molecule has 10 nitrogen and oxygen atoms in total. The van der Waals surface area contributed by atoms with Crippen LogP contribution in [0.1, 0.15) is 12.8 Å². The second-order valence-electron chi connectivity index (χ2n) is 8.11. The van der Waals surface area contributed by atoms with E-state index in [2.05, 4.69) is 25.3 Å². The summed E-state index contributed by atoms with van der Waals surface area (Å²) in [6.07, 6.45) is 4.68. The van der Waals surface area contributed by atoms with E-state index < -0.39 is 6.23 Å². The first kappa shape index (κ1) is 19.5. The maximum absolute atomic E-state index is 9.62. The Balaban J connectivity index is 1.31. The van der Waals surface area contributed by atoms with Crippen molar-refractivity contribution in [3.63, 3.8) is 0 Å². The third kappa shape index (κ3) is 3.56. The molecule has 6 heterocycles. The second-order valence-corrected chi connectivity index (χ2v) is 8.11. The highest BCUT2D eigenvalue weighted by Gasteiger charge is 2.23. The van der Waals surface area contributed by atoms with Gasteiger partial charge in [0.2, 0.25) is 5.88 Å². The molecule has 0 bridgehead atoms. The van der Waals surface area contributed by atoms with E-state index in [1.807, 2.05) is 18.2 Å². The number of nitrogens with one attached hydrogen (secondary N) is 1. The largest absolute Gasteiger partial charge is 0.475 e. The summed E-state index contributed by atoms with van der Waals surface area (Å²) in [6, 6.07) is 7.65. The smallest absolute Gasteiger partial charge is 0.231 e. The second kappa shape index (κ2) is 8.05. The molecular formula is C22H24N6O4. The molecule has 2 fully saturated rings. The van der Waals surface area contributed by atoms with Crippen molar-refractivity contribution in [2.75, 3.05) is 37.8 Å². The monoisotopic (exact) mass is 436 g/mol. The fraction of sp³-hybridized carbons (Fsp3) is 0.409. The topological polar surface area (TPSA) is 110 Å². The Morgan fingerprint density at radius 1 is 1.16 bits per heavy atom. The number of nitrogens with zero attached hydrogens (tertiary/aromatic N) is 5. The van der Waals surface area contributed by atoms with Crippen molar-refractivity contribution < 1.29 is 19.0 Å². The summed E-state index contributed by atoms with van der Waals surface area (Å²) in [5.74, 6) is 2.06. The molecule has 4 aromatic heterocycles. The summed E-state index contributed by atoms with van der Waals surface area (Å²) in [4.78, 5) is 11.3. The van der Waals surface area contributed by atoms with Gasteiger partial charge in [-0.1, -0.05) is 0 Å². The first-order valence-electron chi connectivity index (χ1n) is 10.9. The zero-order valence-corrected chi connectivity index (χ0v) is 17.5. The van der Waals surface area contributed by atoms with E-state index in [4.69, 9.17) is 13.9 Å². The van der Waals surface area contributed by atoms with Gasteiger partial charge < -0.3 is 23.9 Å². The fourth-order valence-electron chi connectivity index (χ4n) is 4.32. The van der Waals surface area contributed by atoms with Crippen LogP contribution in [0.25, 0.3) is 28.1 Å². The third-order valence-corrected chi connectivity index (χ3v) is 5.97. The van der Waals surface area contributed by atoms with Gasteiger partial charge in [0, 0.05) is 31.4 Å². The van der Waals surface area contributed by atoms with Gasteiger partial charge in [0.1, 0.15) is 29.9 Å². The molecule has 2 unspecified atom stereocenters. The van der Waals surface area contributed by atoms with E-state index in [0.29, 0.717) is 37.1 Å². The molecule has 0 radical (unpaired) electrons. The van der Waals surface area contributed by atoms with E-state index in [1.54, 1.807) is 23.0 Å². The fourth-order valence-corrected chi connectivity index (χ4v) is 4.32. The van der Waals surface area contributed by atoms with Gasteiger partial charge in [0.05, 0.1) is 24.8 Å². The maximum Gasteiger partial charge on any atom is 0.231 e. The highest BCUT2D eigenvalue weighted by molar-refractivity contribution is 5.92. The number of rotatable bonds is 5. The number of anilines is 1. The molecule has 2 atom stereocenters. The molecule has 4 aromatic rings. The maximum atomic E-state index is 9.62. The summed E-state index contributed by atoms with van der Waals surface area (Å²) >= 11 is 0. The van der Waals surface area contributed by atoms with Gasteiger partial charge in [-0.05, 0) is 31.0 Å². The van der Waals surface area contributed by atoms with E-state index in [0.717, 1.165) is 48.4 Å². The Bertz CT molecular complexity index is 1250. The number of aliphatic hydroxyl groups is 1. The number of hydrogen-bond donors (Lipinski definition) is 2. The number of furan rings is 1. The number of morpholine rings is 1. The molecule has 0 aromatic carbocycles. The number of aromatic nitrogens is 4. The van der Waals surface area contributed by atoms with Crippen molar-refractivity contribution in [3.8, 4) is 17.3 Å². The summed E-state index contributed by atoms with van der Waals surface area (Å²) < 4.78 is 19.2. The minimum Gasteiger partial charge on any atom is -0.475 e. The molecule has 0 amide bonds. The lowest BCUT2D eigenvalue weighted by molar-refractivity contribution is 0.122. The van der Waals surface area contributed by atoms with Crippen molar-refractivity contribution in [2.24, 2.45) is 0 Å². The lowest BCUT2D eigenvalue weighted by Gasteiger charge is -2.28. The van der Waals surface area contributed by atoms with Gasteiger partial charge in [-0.15, -0.1) is 5.10 Å². The highest BCUT2D eigenvalue weighted by atomic mass is 16.5. The summed E-state index contributed by atoms with van der Waals surface area (Å²) in [6.45, 7) is 3.43. The molecule has 0 spiro atoms. The first-order valence-corrected chi connectivity index (χ1v) is 10.9. The number of pyridine rings is 1. The molecule has 2 N–H and O–H groups in total. The Morgan fingerprint density at radius 3 is 2.91 bits per heavy atom. The van der Waals surface area contributed by atoms with Crippen LogP contribution in [0.5, 0.6) is 5.88 Å². The number of fused-ring (bicyclic) bond motifs is 2. The standard InChI is InChI=1S/C22H24N6O4/c29-20-3-1-14(25-20)13-31-21-4-2-19-24-12-16(28(19)26-21)18-11-15-17(32-18)5-6-23-22(15)27-7-9-30-10-8-27/h2,4-6,11-12,14,20,25,29H,1,3,7-10,13H2. The van der Waals surface area contributed by atoms with Crippen LogP contribution in [-0.4, -0.2) is 69.9 Å². The van der Waals surface area contributed by atoms with Crippen molar-refractivity contribution >= 4 is 22.4 Å². The normalized spacial score (nSPS) is 21.6. The number of ether oxygens (including phenoxy) is 2. The third-order valence-electron chi connectivity index (χ3n) is 5.97. The van der Waals surface area contributed by atoms with Crippen LogP contribution in [0.15, 0.2) is 41.1 Å². The van der Waals surface area contributed by atoms with Crippen molar-refractivity contribution in [1.82, 2.24) is 24.9 Å². The SMILES string of the molecule is OC1CCC(COc2ccc3ncc(-c4cc5c(N6CCOCC6)nccc5o4)n3n2)N1. The predicted octanol–water partition coefficient (Wildman–Crippen LogP) is 1.82. The molecule has 2 aliphatic rings. The molecular weight excluding hydrogens is 412 g/mol.